The summed E-state index contributed by atoms with van der Waals surface area (Å²) in [5, 5.41) is 14.5. The second-order valence-corrected chi connectivity index (χ2v) is 6.70. The quantitative estimate of drug-likeness (QED) is 0.843. The van der Waals surface area contributed by atoms with Crippen LogP contribution < -0.4 is 10.6 Å². The molecule has 0 bridgehead atoms. The smallest absolute Gasteiger partial charge is 0.314 e. The van der Waals surface area contributed by atoms with Crippen molar-refractivity contribution in [3.63, 3.8) is 0 Å². The number of carbonyl (C=O) groups excluding carboxylic acids is 1. The van der Waals surface area contributed by atoms with Gasteiger partial charge in [-0.05, 0) is 37.5 Å². The first-order chi connectivity index (χ1) is 10.7. The van der Waals surface area contributed by atoms with Gasteiger partial charge in [-0.2, -0.15) is 0 Å². The van der Waals surface area contributed by atoms with E-state index in [9.17, 15) is 4.79 Å². The molecule has 0 saturated heterocycles. The highest BCUT2D eigenvalue weighted by atomic mass is 16.2. The van der Waals surface area contributed by atoms with E-state index in [-0.39, 0.29) is 6.03 Å². The fourth-order valence-corrected chi connectivity index (χ4v) is 3.17. The fourth-order valence-electron chi connectivity index (χ4n) is 3.17. The van der Waals surface area contributed by atoms with Crippen molar-refractivity contribution < 1.29 is 4.79 Å². The Morgan fingerprint density at radius 1 is 1.27 bits per heavy atom. The molecule has 1 aliphatic carbocycles. The van der Waals surface area contributed by atoms with Crippen LogP contribution in [0.15, 0.2) is 0 Å². The highest BCUT2D eigenvalue weighted by Crippen LogP contribution is 2.35. The largest absolute Gasteiger partial charge is 0.338 e. The third kappa shape index (κ3) is 3.99. The molecular weight excluding hydrogens is 278 g/mol. The number of amides is 2. The summed E-state index contributed by atoms with van der Waals surface area (Å²) in [5.74, 6) is 3.53. The third-order valence-corrected chi connectivity index (χ3v) is 4.83. The van der Waals surface area contributed by atoms with E-state index in [0.29, 0.717) is 12.5 Å². The molecule has 2 N–H and O–H groups in total. The molecule has 2 aliphatic rings. The molecule has 1 atom stereocenters. The highest BCUT2D eigenvalue weighted by Gasteiger charge is 2.27. The van der Waals surface area contributed by atoms with Crippen LogP contribution in [0.1, 0.15) is 50.7 Å². The number of hydrogen-bond donors (Lipinski definition) is 2. The van der Waals surface area contributed by atoms with Crippen LogP contribution in [-0.4, -0.2) is 33.9 Å². The van der Waals surface area contributed by atoms with Gasteiger partial charge in [-0.3, -0.25) is 0 Å². The Kier molecular flexibility index (Phi) is 4.95. The van der Waals surface area contributed by atoms with E-state index in [2.05, 4.69) is 32.3 Å². The first kappa shape index (κ1) is 15.3. The maximum Gasteiger partial charge on any atom is 0.314 e. The van der Waals surface area contributed by atoms with Gasteiger partial charge < -0.3 is 15.2 Å². The summed E-state index contributed by atoms with van der Waals surface area (Å²) in [5.41, 5.74) is 0. The first-order valence-electron chi connectivity index (χ1n) is 8.66. The molecule has 2 heterocycles. The van der Waals surface area contributed by atoms with E-state index >= 15 is 0 Å². The molecule has 1 aliphatic heterocycles. The van der Waals surface area contributed by atoms with Crippen molar-refractivity contribution in [3.8, 4) is 0 Å². The van der Waals surface area contributed by atoms with Crippen molar-refractivity contribution in [3.05, 3.63) is 11.6 Å². The van der Waals surface area contributed by atoms with Gasteiger partial charge in [0.25, 0.3) is 0 Å². The maximum atomic E-state index is 11.8. The van der Waals surface area contributed by atoms with E-state index in [1.54, 1.807) is 0 Å². The molecule has 1 aromatic rings. The molecular formula is C16H27N5O. The molecule has 1 saturated carbocycles. The Morgan fingerprint density at radius 3 is 2.95 bits per heavy atom. The summed E-state index contributed by atoms with van der Waals surface area (Å²) in [6.45, 7) is 4.62. The number of aromatic nitrogens is 3. The van der Waals surface area contributed by atoms with Crippen LogP contribution in [-0.2, 0) is 19.4 Å². The number of carbonyl (C=O) groups is 1. The number of nitrogens with one attached hydrogen (secondary N) is 2. The normalized spacial score (nSPS) is 19.1. The number of urea groups is 1. The van der Waals surface area contributed by atoms with Crippen molar-refractivity contribution in [1.82, 2.24) is 25.4 Å². The summed E-state index contributed by atoms with van der Waals surface area (Å²) in [4.78, 5) is 11.8. The van der Waals surface area contributed by atoms with Crippen LogP contribution in [0.3, 0.4) is 0 Å². The molecule has 0 aromatic carbocycles. The molecule has 22 heavy (non-hydrogen) atoms. The van der Waals surface area contributed by atoms with Crippen LogP contribution in [0.25, 0.3) is 0 Å². The Morgan fingerprint density at radius 2 is 2.14 bits per heavy atom. The Hall–Kier alpha value is -1.59. The minimum Gasteiger partial charge on any atom is -0.338 e. The van der Waals surface area contributed by atoms with Gasteiger partial charge in [0.15, 0.2) is 0 Å². The van der Waals surface area contributed by atoms with Gasteiger partial charge in [0, 0.05) is 32.5 Å². The molecule has 6 heteroatoms. The molecule has 0 spiro atoms. The number of fused-ring (bicyclic) bond motifs is 1. The summed E-state index contributed by atoms with van der Waals surface area (Å²) in [6.07, 6.45) is 8.09. The van der Waals surface area contributed by atoms with Crippen molar-refractivity contribution in [1.29, 1.82) is 0 Å². The molecule has 0 radical (unpaired) electrons. The van der Waals surface area contributed by atoms with Crippen LogP contribution in [0, 0.1) is 11.8 Å². The van der Waals surface area contributed by atoms with Crippen molar-refractivity contribution in [2.75, 3.05) is 13.1 Å². The van der Waals surface area contributed by atoms with Gasteiger partial charge in [-0.15, -0.1) is 10.2 Å². The van der Waals surface area contributed by atoms with Gasteiger partial charge in [0.1, 0.15) is 11.6 Å². The van der Waals surface area contributed by atoms with Gasteiger partial charge >= 0.3 is 6.03 Å². The van der Waals surface area contributed by atoms with E-state index in [4.69, 9.17) is 0 Å². The first-order valence-corrected chi connectivity index (χ1v) is 8.66. The van der Waals surface area contributed by atoms with Crippen molar-refractivity contribution in [2.45, 2.75) is 58.4 Å². The minimum absolute atomic E-state index is 0.0666. The Balaban J connectivity index is 1.39. The lowest BCUT2D eigenvalue weighted by Crippen LogP contribution is -2.39. The summed E-state index contributed by atoms with van der Waals surface area (Å²) in [7, 11) is 0. The van der Waals surface area contributed by atoms with Crippen molar-refractivity contribution in [2.24, 2.45) is 11.8 Å². The zero-order valence-electron chi connectivity index (χ0n) is 13.5. The van der Waals surface area contributed by atoms with Gasteiger partial charge in [0.2, 0.25) is 0 Å². The SMILES string of the molecule is C[C@@H](CNC(=O)NCCc1nnc2n1CCCCC2)C1CC1. The van der Waals surface area contributed by atoms with Gasteiger partial charge in [0.05, 0.1) is 0 Å². The number of hydrogen-bond acceptors (Lipinski definition) is 3. The molecule has 6 nitrogen and oxygen atoms in total. The molecule has 1 aromatic heterocycles. The van der Waals surface area contributed by atoms with Crippen LogP contribution in [0.5, 0.6) is 0 Å². The molecule has 2 amide bonds. The zero-order chi connectivity index (χ0) is 15.4. The molecule has 122 valence electrons. The number of aryl methyl sites for hydroxylation is 1. The Bertz CT molecular complexity index is 509. The lowest BCUT2D eigenvalue weighted by Gasteiger charge is -2.12. The van der Waals surface area contributed by atoms with E-state index in [1.165, 1.54) is 32.1 Å². The predicted molar refractivity (Wildman–Crippen MR) is 84.6 cm³/mol. The second-order valence-electron chi connectivity index (χ2n) is 6.70. The van der Waals surface area contributed by atoms with Crippen LogP contribution >= 0.6 is 0 Å². The lowest BCUT2D eigenvalue weighted by molar-refractivity contribution is 0.238. The van der Waals surface area contributed by atoms with Crippen LogP contribution in [0.2, 0.25) is 0 Å². The van der Waals surface area contributed by atoms with E-state index in [1.807, 2.05) is 0 Å². The summed E-state index contributed by atoms with van der Waals surface area (Å²) >= 11 is 0. The average Bonchev–Trinajstić information content (AvgIpc) is 3.32. The predicted octanol–water partition coefficient (Wildman–Crippen LogP) is 1.89. The molecule has 1 fully saturated rings. The summed E-state index contributed by atoms with van der Waals surface area (Å²) in [6, 6.07) is -0.0666. The average molecular weight is 305 g/mol. The van der Waals surface area contributed by atoms with E-state index < -0.39 is 0 Å². The lowest BCUT2D eigenvalue weighted by atomic mass is 10.1. The van der Waals surface area contributed by atoms with Gasteiger partial charge in [-0.25, -0.2) is 4.79 Å². The second kappa shape index (κ2) is 7.11. The van der Waals surface area contributed by atoms with Crippen molar-refractivity contribution >= 4 is 6.03 Å². The molecule has 0 unspecified atom stereocenters. The highest BCUT2D eigenvalue weighted by molar-refractivity contribution is 5.73. The fraction of sp³-hybridized carbons (Fsp3) is 0.812. The zero-order valence-corrected chi connectivity index (χ0v) is 13.5. The Labute approximate surface area is 132 Å². The summed E-state index contributed by atoms with van der Waals surface area (Å²) < 4.78 is 2.24. The third-order valence-electron chi connectivity index (χ3n) is 4.83. The number of nitrogens with zero attached hydrogens (tertiary/aromatic N) is 3. The maximum absolute atomic E-state index is 11.8. The standard InChI is InChI=1S/C16H27N5O/c1-12(13-6-7-13)11-18-16(22)17-9-8-15-20-19-14-5-3-2-4-10-21(14)15/h12-13H,2-11H2,1H3,(H2,17,18,22)/t12-/m0/s1. The monoisotopic (exact) mass is 305 g/mol. The van der Waals surface area contributed by atoms with Gasteiger partial charge in [-0.1, -0.05) is 13.3 Å². The van der Waals surface area contributed by atoms with E-state index in [0.717, 1.165) is 43.5 Å². The number of rotatable bonds is 6. The topological polar surface area (TPSA) is 71.8 Å². The minimum atomic E-state index is -0.0666. The van der Waals surface area contributed by atoms with Crippen LogP contribution in [0.4, 0.5) is 4.79 Å². The molecule has 3 rings (SSSR count).